The van der Waals surface area contributed by atoms with Gasteiger partial charge in [-0.25, -0.2) is 13.4 Å². The Morgan fingerprint density at radius 3 is 2.50 bits per heavy atom. The van der Waals surface area contributed by atoms with Crippen LogP contribution < -0.4 is 5.32 Å². The smallest absolute Gasteiger partial charge is 0.278 e. The molecular weight excluding hydrogens is 528 g/mol. The van der Waals surface area contributed by atoms with Crippen LogP contribution in [0.3, 0.4) is 0 Å². The highest BCUT2D eigenvalue weighted by atomic mass is 32.2. The number of hydrogen-bond acceptors (Lipinski definition) is 11. The molecule has 11 nitrogen and oxygen atoms in total. The van der Waals surface area contributed by atoms with Crippen molar-refractivity contribution < 1.29 is 22.7 Å². The molecule has 1 N–H and O–H groups in total. The number of nitrogens with zero attached hydrogens (tertiary/aromatic N) is 5. The predicted octanol–water partition coefficient (Wildman–Crippen LogP) is 1.13. The zero-order valence-corrected chi connectivity index (χ0v) is 23.2. The molecule has 1 amide bonds. The summed E-state index contributed by atoms with van der Waals surface area (Å²) < 4.78 is 36.6. The second kappa shape index (κ2) is 12.2. The van der Waals surface area contributed by atoms with Crippen LogP contribution in [0.2, 0.25) is 0 Å². The summed E-state index contributed by atoms with van der Waals surface area (Å²) >= 11 is 1.46. The van der Waals surface area contributed by atoms with E-state index in [0.29, 0.717) is 50.0 Å². The molecule has 2 aromatic rings. The number of aromatic nitrogens is 1. The third-order valence-corrected chi connectivity index (χ3v) is 10.1. The van der Waals surface area contributed by atoms with Gasteiger partial charge in [0, 0.05) is 56.0 Å². The van der Waals surface area contributed by atoms with Gasteiger partial charge in [0.25, 0.3) is 5.91 Å². The minimum absolute atomic E-state index is 0.205. The van der Waals surface area contributed by atoms with E-state index in [-0.39, 0.29) is 17.2 Å². The molecule has 4 heterocycles. The first-order valence-corrected chi connectivity index (χ1v) is 15.2. The van der Waals surface area contributed by atoms with E-state index in [1.807, 2.05) is 6.20 Å². The molecule has 38 heavy (non-hydrogen) atoms. The van der Waals surface area contributed by atoms with Crippen molar-refractivity contribution in [2.45, 2.75) is 23.1 Å². The number of benzene rings is 1. The number of rotatable bonds is 8. The first-order chi connectivity index (χ1) is 18.4. The van der Waals surface area contributed by atoms with Gasteiger partial charge in [0.05, 0.1) is 43.1 Å². The SMILES string of the molecule is CN1CCN(Cc2cnc(NC(=O)C(=NN3CCOCC3)c3ccc(S(=O)(=O)[C@H]4CCOC4)cc3)s2)CC1. The van der Waals surface area contributed by atoms with Gasteiger partial charge < -0.3 is 14.4 Å². The van der Waals surface area contributed by atoms with E-state index in [4.69, 9.17) is 9.47 Å². The van der Waals surface area contributed by atoms with Crippen LogP contribution in [0, 0.1) is 0 Å². The molecule has 0 saturated carbocycles. The zero-order chi connectivity index (χ0) is 26.5. The van der Waals surface area contributed by atoms with Crippen molar-refractivity contribution in [2.24, 2.45) is 5.10 Å². The third kappa shape index (κ3) is 6.58. The molecule has 0 spiro atoms. The fourth-order valence-corrected chi connectivity index (χ4v) is 7.04. The Kier molecular flexibility index (Phi) is 8.71. The Morgan fingerprint density at radius 2 is 1.82 bits per heavy atom. The van der Waals surface area contributed by atoms with Crippen molar-refractivity contribution in [3.63, 3.8) is 0 Å². The number of hydrazone groups is 1. The lowest BCUT2D eigenvalue weighted by molar-refractivity contribution is -0.110. The molecular formula is C25H34N6O5S2. The summed E-state index contributed by atoms with van der Waals surface area (Å²) in [5.74, 6) is -0.392. The normalized spacial score (nSPS) is 22.1. The quantitative estimate of drug-likeness (QED) is 0.473. The summed E-state index contributed by atoms with van der Waals surface area (Å²) in [4.78, 5) is 23.9. The average Bonchev–Trinajstić information content (AvgIpc) is 3.62. The highest BCUT2D eigenvalue weighted by Gasteiger charge is 2.31. The van der Waals surface area contributed by atoms with Gasteiger partial charge in [-0.3, -0.25) is 20.0 Å². The van der Waals surface area contributed by atoms with Gasteiger partial charge in [-0.1, -0.05) is 12.1 Å². The van der Waals surface area contributed by atoms with Gasteiger partial charge in [-0.2, -0.15) is 5.10 Å². The van der Waals surface area contributed by atoms with E-state index in [1.54, 1.807) is 29.3 Å². The van der Waals surface area contributed by atoms with Gasteiger partial charge in [0.1, 0.15) is 0 Å². The molecule has 0 bridgehead atoms. The Bertz CT molecular complexity index is 1230. The largest absolute Gasteiger partial charge is 0.380 e. The van der Waals surface area contributed by atoms with E-state index >= 15 is 0 Å². The standard InChI is InChI=1S/C25H34N6O5S2/c1-29-7-9-30(10-8-29)17-20-16-26-25(37-20)27-24(32)23(28-31-11-14-35-15-12-31)19-2-4-21(5-3-19)38(33,34)22-6-13-36-18-22/h2-5,16,22H,6-15,17-18H2,1H3,(H,26,27,32)/t22-/m0/s1. The molecule has 206 valence electrons. The summed E-state index contributed by atoms with van der Waals surface area (Å²) in [5, 5.41) is 9.31. The number of likely N-dealkylation sites (N-methyl/N-ethyl adjacent to an activating group) is 1. The number of nitrogens with one attached hydrogen (secondary N) is 1. The van der Waals surface area contributed by atoms with Crippen LogP contribution in [0.1, 0.15) is 16.9 Å². The lowest BCUT2D eigenvalue weighted by atomic mass is 10.1. The predicted molar refractivity (Wildman–Crippen MR) is 145 cm³/mol. The summed E-state index contributed by atoms with van der Waals surface area (Å²) in [6.45, 7) is 7.75. The monoisotopic (exact) mass is 562 g/mol. The summed E-state index contributed by atoms with van der Waals surface area (Å²) in [7, 11) is -1.37. The van der Waals surface area contributed by atoms with Gasteiger partial charge in [0.15, 0.2) is 20.7 Å². The maximum atomic E-state index is 13.4. The number of ether oxygens (including phenoxy) is 2. The number of carbonyl (C=O) groups excluding carboxylic acids is 1. The van der Waals surface area contributed by atoms with Crippen LogP contribution in [0.5, 0.6) is 0 Å². The van der Waals surface area contributed by atoms with Crippen LogP contribution >= 0.6 is 11.3 Å². The molecule has 0 radical (unpaired) electrons. The highest BCUT2D eigenvalue weighted by Crippen LogP contribution is 2.24. The molecule has 5 rings (SSSR count). The lowest BCUT2D eigenvalue weighted by Crippen LogP contribution is -2.43. The van der Waals surface area contributed by atoms with Crippen LogP contribution in [0.4, 0.5) is 5.13 Å². The molecule has 1 atom stereocenters. The third-order valence-electron chi connectivity index (χ3n) is 6.98. The Labute approximate surface area is 227 Å². The number of carbonyl (C=O) groups is 1. The zero-order valence-electron chi connectivity index (χ0n) is 21.5. The van der Waals surface area contributed by atoms with Crippen molar-refractivity contribution in [3.05, 3.63) is 40.9 Å². The first kappa shape index (κ1) is 27.2. The Balaban J connectivity index is 1.32. The fraction of sp³-hybridized carbons (Fsp3) is 0.560. The van der Waals surface area contributed by atoms with Crippen LogP contribution in [-0.4, -0.2) is 118 Å². The van der Waals surface area contributed by atoms with Gasteiger partial charge >= 0.3 is 0 Å². The molecule has 3 aliphatic rings. The second-order valence-electron chi connectivity index (χ2n) is 9.73. The maximum absolute atomic E-state index is 13.4. The topological polar surface area (TPSA) is 117 Å². The minimum Gasteiger partial charge on any atom is -0.380 e. The highest BCUT2D eigenvalue weighted by molar-refractivity contribution is 7.92. The van der Waals surface area contributed by atoms with Gasteiger partial charge in [0.2, 0.25) is 0 Å². The van der Waals surface area contributed by atoms with Crippen LogP contribution in [0.15, 0.2) is 40.5 Å². The van der Waals surface area contributed by atoms with Crippen LogP contribution in [-0.2, 0) is 30.7 Å². The minimum atomic E-state index is -3.50. The lowest BCUT2D eigenvalue weighted by Gasteiger charge is -2.31. The van der Waals surface area contributed by atoms with E-state index in [0.717, 1.165) is 37.6 Å². The molecule has 1 aromatic carbocycles. The van der Waals surface area contributed by atoms with Crippen molar-refractivity contribution in [1.82, 2.24) is 19.8 Å². The number of sulfone groups is 1. The van der Waals surface area contributed by atoms with E-state index < -0.39 is 21.0 Å². The number of amides is 1. The number of anilines is 1. The van der Waals surface area contributed by atoms with E-state index in [9.17, 15) is 13.2 Å². The Morgan fingerprint density at radius 1 is 1.08 bits per heavy atom. The van der Waals surface area contributed by atoms with Crippen LogP contribution in [0.25, 0.3) is 0 Å². The summed E-state index contributed by atoms with van der Waals surface area (Å²) in [5.41, 5.74) is 0.737. The van der Waals surface area contributed by atoms with Crippen molar-refractivity contribution in [1.29, 1.82) is 0 Å². The number of piperazine rings is 1. The van der Waals surface area contributed by atoms with E-state index in [2.05, 4.69) is 32.2 Å². The number of morpholine rings is 1. The van der Waals surface area contributed by atoms with Crippen molar-refractivity contribution in [2.75, 3.05) is 78.1 Å². The second-order valence-corrected chi connectivity index (χ2v) is 13.1. The van der Waals surface area contributed by atoms with Gasteiger partial charge in [-0.05, 0) is 25.6 Å². The fourth-order valence-electron chi connectivity index (χ4n) is 4.60. The summed E-state index contributed by atoms with van der Waals surface area (Å²) in [6, 6.07) is 6.37. The average molecular weight is 563 g/mol. The molecule has 3 fully saturated rings. The van der Waals surface area contributed by atoms with Gasteiger partial charge in [-0.15, -0.1) is 11.3 Å². The van der Waals surface area contributed by atoms with Crippen molar-refractivity contribution >= 4 is 37.9 Å². The summed E-state index contributed by atoms with van der Waals surface area (Å²) in [6.07, 6.45) is 2.30. The molecule has 0 aliphatic carbocycles. The molecule has 13 heteroatoms. The number of hydrogen-bond donors (Lipinski definition) is 1. The Hall–Kier alpha value is -2.42. The van der Waals surface area contributed by atoms with E-state index in [1.165, 1.54) is 11.3 Å². The maximum Gasteiger partial charge on any atom is 0.278 e. The van der Waals surface area contributed by atoms with Crippen molar-refractivity contribution in [3.8, 4) is 0 Å². The molecule has 0 unspecified atom stereocenters. The molecule has 1 aromatic heterocycles. The number of thiazole rings is 1. The first-order valence-electron chi connectivity index (χ1n) is 12.9. The molecule has 3 saturated heterocycles. The molecule has 3 aliphatic heterocycles.